The highest BCUT2D eigenvalue weighted by molar-refractivity contribution is 7.07. The van der Waals surface area contributed by atoms with Crippen LogP contribution in [0, 0.1) is 11.7 Å². The van der Waals surface area contributed by atoms with Crippen LogP contribution in [-0.4, -0.2) is 41.4 Å². The number of thiophene rings is 1. The van der Waals surface area contributed by atoms with Gasteiger partial charge in [-0.15, -0.1) is 0 Å². The topological polar surface area (TPSA) is 23.6 Å². The number of nitrogens with zero attached hydrogens (tertiary/aromatic N) is 2. The van der Waals surface area contributed by atoms with Crippen LogP contribution in [0.5, 0.6) is 0 Å². The maximum absolute atomic E-state index is 13.5. The Hall–Kier alpha value is -2.50. The summed E-state index contributed by atoms with van der Waals surface area (Å²) >= 11 is 1.72. The largest absolute Gasteiger partial charge is 0.336 e. The zero-order valence-electron chi connectivity index (χ0n) is 18.1. The molecule has 0 aliphatic carbocycles. The number of rotatable bonds is 7. The lowest BCUT2D eigenvalue weighted by Gasteiger charge is -2.32. The predicted molar refractivity (Wildman–Crippen MR) is 125 cm³/mol. The summed E-state index contributed by atoms with van der Waals surface area (Å²) in [7, 11) is 0. The fourth-order valence-corrected chi connectivity index (χ4v) is 5.19. The van der Waals surface area contributed by atoms with Crippen molar-refractivity contribution in [3.63, 3.8) is 0 Å². The molecule has 31 heavy (non-hydrogen) atoms. The fourth-order valence-electron chi connectivity index (χ4n) is 4.53. The molecule has 1 aromatic heterocycles. The second-order valence-corrected chi connectivity index (χ2v) is 9.44. The number of hydrogen-bond acceptors (Lipinski definition) is 3. The molecule has 4 rings (SSSR count). The molecule has 0 spiro atoms. The Bertz CT molecular complexity index is 972. The number of amides is 1. The first kappa shape index (κ1) is 21.7. The molecule has 0 radical (unpaired) electrons. The van der Waals surface area contributed by atoms with Crippen LogP contribution >= 0.6 is 11.3 Å². The van der Waals surface area contributed by atoms with E-state index in [1.54, 1.807) is 23.5 Å². The van der Waals surface area contributed by atoms with Gasteiger partial charge in [-0.25, -0.2) is 4.39 Å². The summed E-state index contributed by atoms with van der Waals surface area (Å²) in [5.41, 5.74) is 3.20. The van der Waals surface area contributed by atoms with Crippen molar-refractivity contribution in [2.24, 2.45) is 5.92 Å². The van der Waals surface area contributed by atoms with Gasteiger partial charge in [0, 0.05) is 43.7 Å². The zero-order chi connectivity index (χ0) is 21.8. The monoisotopic (exact) mass is 436 g/mol. The van der Waals surface area contributed by atoms with Crippen LogP contribution in [0.15, 0.2) is 71.4 Å². The van der Waals surface area contributed by atoms with Crippen LogP contribution < -0.4 is 0 Å². The van der Waals surface area contributed by atoms with Crippen molar-refractivity contribution in [3.05, 3.63) is 93.9 Å². The van der Waals surface area contributed by atoms with E-state index >= 15 is 0 Å². The first-order valence-electron chi connectivity index (χ1n) is 10.9. The SMILES string of the molecule is CC(C)N(CC1CN(Cc2ccsc2)CC1c1ccc(F)cc1)C(=O)c1ccccc1. The molecule has 1 aliphatic heterocycles. The second-order valence-electron chi connectivity index (χ2n) is 8.66. The maximum Gasteiger partial charge on any atom is 0.254 e. The molecule has 1 saturated heterocycles. The number of benzene rings is 2. The number of carbonyl (C=O) groups is 1. The summed E-state index contributed by atoms with van der Waals surface area (Å²) in [4.78, 5) is 17.7. The van der Waals surface area contributed by atoms with E-state index in [1.165, 1.54) is 5.56 Å². The van der Waals surface area contributed by atoms with E-state index in [9.17, 15) is 9.18 Å². The molecule has 5 heteroatoms. The highest BCUT2D eigenvalue weighted by Crippen LogP contribution is 2.35. The Kier molecular flexibility index (Phi) is 6.83. The smallest absolute Gasteiger partial charge is 0.254 e. The molecule has 1 amide bonds. The maximum atomic E-state index is 13.5. The lowest BCUT2D eigenvalue weighted by atomic mass is 9.88. The van der Waals surface area contributed by atoms with Gasteiger partial charge < -0.3 is 4.90 Å². The van der Waals surface area contributed by atoms with Gasteiger partial charge in [-0.1, -0.05) is 30.3 Å². The van der Waals surface area contributed by atoms with Gasteiger partial charge in [0.2, 0.25) is 0 Å². The van der Waals surface area contributed by atoms with E-state index in [-0.39, 0.29) is 23.7 Å². The van der Waals surface area contributed by atoms with E-state index < -0.39 is 0 Å². The van der Waals surface area contributed by atoms with Crippen LogP contribution in [0.3, 0.4) is 0 Å². The molecule has 2 atom stereocenters. The van der Waals surface area contributed by atoms with Gasteiger partial charge in [0.05, 0.1) is 0 Å². The van der Waals surface area contributed by atoms with Crippen molar-refractivity contribution in [2.75, 3.05) is 19.6 Å². The first-order chi connectivity index (χ1) is 15.0. The Balaban J connectivity index is 1.57. The molecule has 1 fully saturated rings. The first-order valence-corrected chi connectivity index (χ1v) is 11.8. The molecular weight excluding hydrogens is 407 g/mol. The molecule has 0 saturated carbocycles. The van der Waals surface area contributed by atoms with E-state index in [0.717, 1.165) is 30.8 Å². The fraction of sp³-hybridized carbons (Fsp3) is 0.346. The predicted octanol–water partition coefficient (Wildman–Crippen LogP) is 5.65. The van der Waals surface area contributed by atoms with Gasteiger partial charge in [0.25, 0.3) is 5.91 Å². The Morgan fingerprint density at radius 3 is 2.48 bits per heavy atom. The van der Waals surface area contributed by atoms with E-state index in [4.69, 9.17) is 0 Å². The quantitative estimate of drug-likeness (QED) is 0.478. The standard InChI is InChI=1S/C26H29FN2OS/c1-19(2)29(26(30)22-6-4-3-5-7-22)16-23-15-28(14-20-12-13-31-18-20)17-25(23)21-8-10-24(27)11-9-21/h3-13,18-19,23,25H,14-17H2,1-2H3. The summed E-state index contributed by atoms with van der Waals surface area (Å²) in [6.45, 7) is 7.58. The van der Waals surface area contributed by atoms with E-state index in [2.05, 4.69) is 35.6 Å². The minimum atomic E-state index is -0.212. The van der Waals surface area contributed by atoms with E-state index in [0.29, 0.717) is 12.5 Å². The number of hydrogen-bond donors (Lipinski definition) is 0. The highest BCUT2D eigenvalue weighted by atomic mass is 32.1. The third-order valence-electron chi connectivity index (χ3n) is 6.14. The molecule has 0 bridgehead atoms. The molecule has 2 unspecified atom stereocenters. The Morgan fingerprint density at radius 1 is 1.10 bits per heavy atom. The van der Waals surface area contributed by atoms with E-state index in [1.807, 2.05) is 47.4 Å². The van der Waals surface area contributed by atoms with Crippen molar-refractivity contribution in [3.8, 4) is 0 Å². The minimum absolute atomic E-state index is 0.0738. The molecular formula is C26H29FN2OS. The minimum Gasteiger partial charge on any atom is -0.336 e. The van der Waals surface area contributed by atoms with Crippen molar-refractivity contribution in [1.29, 1.82) is 0 Å². The summed E-state index contributed by atoms with van der Waals surface area (Å²) in [6, 6.07) is 18.7. The van der Waals surface area contributed by atoms with Gasteiger partial charge in [-0.3, -0.25) is 9.69 Å². The molecule has 3 nitrogen and oxygen atoms in total. The summed E-state index contributed by atoms with van der Waals surface area (Å²) in [5.74, 6) is 0.421. The van der Waals surface area contributed by atoms with Crippen LogP contribution in [0.1, 0.15) is 41.3 Å². The third kappa shape index (κ3) is 5.23. The highest BCUT2D eigenvalue weighted by Gasteiger charge is 2.36. The molecule has 1 aliphatic rings. The van der Waals surface area contributed by atoms with Crippen molar-refractivity contribution < 1.29 is 9.18 Å². The summed E-state index contributed by atoms with van der Waals surface area (Å²) in [6.07, 6.45) is 0. The average molecular weight is 437 g/mol. The Morgan fingerprint density at radius 2 is 1.84 bits per heavy atom. The van der Waals surface area contributed by atoms with Crippen LogP contribution in [-0.2, 0) is 6.54 Å². The molecule has 162 valence electrons. The third-order valence-corrected chi connectivity index (χ3v) is 6.87. The molecule has 2 heterocycles. The van der Waals surface area contributed by atoms with Gasteiger partial charge in [0.15, 0.2) is 0 Å². The molecule has 3 aromatic rings. The Labute approximate surface area is 188 Å². The molecule has 2 aromatic carbocycles. The van der Waals surface area contributed by atoms with Gasteiger partial charge in [-0.05, 0) is 72.0 Å². The lowest BCUT2D eigenvalue weighted by molar-refractivity contribution is 0.0668. The van der Waals surface area contributed by atoms with Crippen LogP contribution in [0.4, 0.5) is 4.39 Å². The summed E-state index contributed by atoms with van der Waals surface area (Å²) in [5, 5.41) is 4.30. The van der Waals surface area contributed by atoms with Gasteiger partial charge in [0.1, 0.15) is 5.82 Å². The molecule has 0 N–H and O–H groups in total. The zero-order valence-corrected chi connectivity index (χ0v) is 18.9. The summed E-state index contributed by atoms with van der Waals surface area (Å²) < 4.78 is 13.5. The van der Waals surface area contributed by atoms with Gasteiger partial charge in [-0.2, -0.15) is 11.3 Å². The van der Waals surface area contributed by atoms with Crippen molar-refractivity contribution in [1.82, 2.24) is 9.80 Å². The normalized spacial score (nSPS) is 19.1. The number of likely N-dealkylation sites (tertiary alicyclic amines) is 1. The second kappa shape index (κ2) is 9.75. The number of carbonyl (C=O) groups excluding carboxylic acids is 1. The van der Waals surface area contributed by atoms with Crippen LogP contribution in [0.2, 0.25) is 0 Å². The lowest BCUT2D eigenvalue weighted by Crippen LogP contribution is -2.42. The average Bonchev–Trinajstić information content (AvgIpc) is 3.43. The number of halogens is 1. The van der Waals surface area contributed by atoms with Crippen molar-refractivity contribution >= 4 is 17.2 Å². The van der Waals surface area contributed by atoms with Crippen LogP contribution in [0.25, 0.3) is 0 Å². The van der Waals surface area contributed by atoms with Crippen molar-refractivity contribution in [2.45, 2.75) is 32.4 Å². The van der Waals surface area contributed by atoms with Gasteiger partial charge >= 0.3 is 0 Å².